The first kappa shape index (κ1) is 21.0. The molecule has 0 spiro atoms. The molecule has 0 unspecified atom stereocenters. The highest BCUT2D eigenvalue weighted by Crippen LogP contribution is 2.27. The van der Waals surface area contributed by atoms with Gasteiger partial charge in [0.15, 0.2) is 0 Å². The van der Waals surface area contributed by atoms with Gasteiger partial charge in [-0.25, -0.2) is 14.3 Å². The molecule has 0 fully saturated rings. The van der Waals surface area contributed by atoms with Crippen LogP contribution >= 0.6 is 11.6 Å². The van der Waals surface area contributed by atoms with Crippen LogP contribution in [0.5, 0.6) is 0 Å². The quantitative estimate of drug-likeness (QED) is 0.429. The van der Waals surface area contributed by atoms with Gasteiger partial charge >= 0.3 is 11.9 Å². The SMILES string of the molecule is C=c1[nH]n(-c2cccc(C(=O)O)c2)c(=O)c1=Cc1ccc(-c2ccc(Cl)c(C(=O)O)c2)o1. The second-order valence-electron chi connectivity index (χ2n) is 6.85. The molecule has 3 N–H and O–H groups in total. The molecule has 0 aliphatic heterocycles. The molecule has 32 heavy (non-hydrogen) atoms. The number of aromatic amines is 1. The van der Waals surface area contributed by atoms with Gasteiger partial charge in [-0.1, -0.05) is 24.2 Å². The summed E-state index contributed by atoms with van der Waals surface area (Å²) in [6.07, 6.45) is 1.50. The van der Waals surface area contributed by atoms with Gasteiger partial charge in [-0.05, 0) is 54.6 Å². The van der Waals surface area contributed by atoms with Crippen LogP contribution in [-0.4, -0.2) is 31.9 Å². The molecule has 0 amide bonds. The Morgan fingerprint density at radius 3 is 2.56 bits per heavy atom. The van der Waals surface area contributed by atoms with E-state index >= 15 is 0 Å². The van der Waals surface area contributed by atoms with E-state index in [9.17, 15) is 24.6 Å². The second-order valence-corrected chi connectivity index (χ2v) is 7.25. The molecule has 4 rings (SSSR count). The Kier molecular flexibility index (Phi) is 5.29. The maximum absolute atomic E-state index is 12.9. The first-order chi connectivity index (χ1) is 15.2. The van der Waals surface area contributed by atoms with Crippen LogP contribution in [0.4, 0.5) is 0 Å². The largest absolute Gasteiger partial charge is 0.478 e. The molecular formula is C23H15ClN2O6. The summed E-state index contributed by atoms with van der Waals surface area (Å²) in [4.78, 5) is 35.4. The summed E-state index contributed by atoms with van der Waals surface area (Å²) in [6.45, 7) is 3.84. The number of carboxylic acid groups (broad SMARTS) is 2. The zero-order valence-corrected chi connectivity index (χ0v) is 17.1. The number of aromatic nitrogens is 2. The minimum absolute atomic E-state index is 0.0412. The highest BCUT2D eigenvalue weighted by atomic mass is 35.5. The summed E-state index contributed by atoms with van der Waals surface area (Å²) in [5.74, 6) is -1.52. The van der Waals surface area contributed by atoms with Crippen LogP contribution in [0.15, 0.2) is 63.8 Å². The highest BCUT2D eigenvalue weighted by molar-refractivity contribution is 6.33. The highest BCUT2D eigenvalue weighted by Gasteiger charge is 2.13. The molecule has 4 aromatic rings. The van der Waals surface area contributed by atoms with Crippen LogP contribution in [0, 0.1) is 0 Å². The van der Waals surface area contributed by atoms with Crippen molar-refractivity contribution in [1.29, 1.82) is 0 Å². The molecule has 9 heteroatoms. The zero-order valence-electron chi connectivity index (χ0n) is 16.3. The molecule has 160 valence electrons. The summed E-state index contributed by atoms with van der Waals surface area (Å²) in [5, 5.41) is 21.9. The van der Waals surface area contributed by atoms with Crippen LogP contribution in [0.1, 0.15) is 26.5 Å². The fourth-order valence-corrected chi connectivity index (χ4v) is 3.37. The van der Waals surface area contributed by atoms with E-state index in [1.807, 2.05) is 0 Å². The molecule has 0 radical (unpaired) electrons. The zero-order chi connectivity index (χ0) is 23.0. The number of rotatable bonds is 5. The Bertz CT molecular complexity index is 1540. The number of carbonyl (C=O) groups is 2. The topological polar surface area (TPSA) is 126 Å². The summed E-state index contributed by atoms with van der Waals surface area (Å²) in [7, 11) is 0. The van der Waals surface area contributed by atoms with Gasteiger partial charge < -0.3 is 14.6 Å². The van der Waals surface area contributed by atoms with E-state index in [4.69, 9.17) is 16.0 Å². The molecule has 0 saturated carbocycles. The number of H-pyrrole nitrogens is 1. The Morgan fingerprint density at radius 1 is 1.06 bits per heavy atom. The van der Waals surface area contributed by atoms with Gasteiger partial charge in [0, 0.05) is 5.56 Å². The molecule has 0 atom stereocenters. The molecule has 2 heterocycles. The van der Waals surface area contributed by atoms with Crippen LogP contribution in [0.2, 0.25) is 5.02 Å². The van der Waals surface area contributed by atoms with E-state index < -0.39 is 17.5 Å². The van der Waals surface area contributed by atoms with Crippen LogP contribution in [-0.2, 0) is 0 Å². The lowest BCUT2D eigenvalue weighted by molar-refractivity contribution is 0.0686. The van der Waals surface area contributed by atoms with Gasteiger partial charge in [-0.15, -0.1) is 0 Å². The summed E-state index contributed by atoms with van der Waals surface area (Å²) < 4.78 is 6.96. The monoisotopic (exact) mass is 450 g/mol. The summed E-state index contributed by atoms with van der Waals surface area (Å²) in [6, 6.07) is 13.7. The third-order valence-electron chi connectivity index (χ3n) is 4.75. The van der Waals surface area contributed by atoms with Crippen molar-refractivity contribution in [3.8, 4) is 17.0 Å². The van der Waals surface area contributed by atoms with Crippen molar-refractivity contribution in [3.63, 3.8) is 0 Å². The number of benzene rings is 2. The third kappa shape index (κ3) is 3.86. The Hall–Kier alpha value is -4.30. The molecule has 0 bridgehead atoms. The Labute approximate surface area is 184 Å². The summed E-state index contributed by atoms with van der Waals surface area (Å²) in [5.41, 5.74) is 0.415. The maximum atomic E-state index is 12.9. The first-order valence-corrected chi connectivity index (χ1v) is 9.61. The number of furan rings is 1. The lowest BCUT2D eigenvalue weighted by Gasteiger charge is -2.02. The van der Waals surface area contributed by atoms with Gasteiger partial charge in [-0.3, -0.25) is 9.89 Å². The second kappa shape index (κ2) is 8.09. The maximum Gasteiger partial charge on any atom is 0.337 e. The fourth-order valence-electron chi connectivity index (χ4n) is 3.17. The molecule has 0 aliphatic rings. The van der Waals surface area contributed by atoms with E-state index in [2.05, 4.69) is 11.7 Å². The van der Waals surface area contributed by atoms with Gasteiger partial charge in [0.25, 0.3) is 5.56 Å². The van der Waals surface area contributed by atoms with Crippen LogP contribution in [0.3, 0.4) is 0 Å². The van der Waals surface area contributed by atoms with Crippen molar-refractivity contribution in [2.45, 2.75) is 0 Å². The number of halogens is 1. The minimum Gasteiger partial charge on any atom is -0.478 e. The number of carboxylic acids is 2. The normalized spacial score (nSPS) is 11.6. The predicted octanol–water partition coefficient (Wildman–Crippen LogP) is 2.71. The molecule has 0 aliphatic carbocycles. The van der Waals surface area contributed by atoms with Crippen molar-refractivity contribution in [2.75, 3.05) is 0 Å². The standard InChI is InChI=1S/C23H15ClN2O6/c1-12-17(21(27)26(25-12)15-4-2-3-14(9-15)22(28)29)11-16-6-8-20(32-16)13-5-7-19(24)18(10-13)23(30)31/h2-11,25H,1H2,(H,28,29)(H,30,31). The molecule has 2 aromatic carbocycles. The molecule has 2 aromatic heterocycles. The fraction of sp³-hybridized carbons (Fsp3) is 0. The van der Waals surface area contributed by atoms with Crippen molar-refractivity contribution in [1.82, 2.24) is 9.78 Å². The van der Waals surface area contributed by atoms with E-state index in [1.54, 1.807) is 24.3 Å². The Balaban J connectivity index is 1.75. The van der Waals surface area contributed by atoms with Crippen molar-refractivity contribution < 1.29 is 24.2 Å². The number of hydrogen-bond donors (Lipinski definition) is 3. The predicted molar refractivity (Wildman–Crippen MR) is 118 cm³/mol. The van der Waals surface area contributed by atoms with E-state index in [-0.39, 0.29) is 21.4 Å². The van der Waals surface area contributed by atoms with Gasteiger partial charge in [0.2, 0.25) is 0 Å². The lowest BCUT2D eigenvalue weighted by Crippen LogP contribution is -2.33. The number of hydrogen-bond acceptors (Lipinski definition) is 4. The molecule has 8 nitrogen and oxygen atoms in total. The minimum atomic E-state index is -1.16. The number of nitrogens with zero attached hydrogens (tertiary/aromatic N) is 1. The average molecular weight is 451 g/mol. The van der Waals surface area contributed by atoms with Crippen molar-refractivity contribution in [2.24, 2.45) is 0 Å². The number of nitrogens with one attached hydrogen (secondary N) is 1. The van der Waals surface area contributed by atoms with Gasteiger partial charge in [0.05, 0.1) is 32.4 Å². The van der Waals surface area contributed by atoms with E-state index in [1.165, 1.54) is 41.1 Å². The van der Waals surface area contributed by atoms with Crippen LogP contribution in [0.25, 0.3) is 29.7 Å². The van der Waals surface area contributed by atoms with Crippen molar-refractivity contribution >= 4 is 36.2 Å². The van der Waals surface area contributed by atoms with Gasteiger partial charge in [-0.2, -0.15) is 0 Å². The molecular weight excluding hydrogens is 436 g/mol. The average Bonchev–Trinajstić information content (AvgIpc) is 3.34. The Morgan fingerprint density at radius 2 is 1.84 bits per heavy atom. The number of aromatic carboxylic acids is 2. The van der Waals surface area contributed by atoms with E-state index in [0.29, 0.717) is 28.1 Å². The van der Waals surface area contributed by atoms with E-state index in [0.717, 1.165) is 0 Å². The van der Waals surface area contributed by atoms with Crippen molar-refractivity contribution in [3.05, 3.63) is 97.4 Å². The molecule has 0 saturated heterocycles. The lowest BCUT2D eigenvalue weighted by atomic mass is 10.1. The van der Waals surface area contributed by atoms with Gasteiger partial charge in [0.1, 0.15) is 11.5 Å². The first-order valence-electron chi connectivity index (χ1n) is 9.23. The van der Waals surface area contributed by atoms with Crippen LogP contribution < -0.4 is 16.1 Å². The third-order valence-corrected chi connectivity index (χ3v) is 5.08. The summed E-state index contributed by atoms with van der Waals surface area (Å²) >= 11 is 5.91. The smallest absolute Gasteiger partial charge is 0.337 e.